The molecule has 0 fully saturated rings. The molecule has 0 aliphatic rings. The molecule has 0 aliphatic carbocycles. The summed E-state index contributed by atoms with van der Waals surface area (Å²) in [5.74, 6) is 0.0542. The molecule has 0 radical (unpaired) electrons. The molecule has 0 amide bonds. The Morgan fingerprint density at radius 3 is 2.47 bits per heavy atom. The second kappa shape index (κ2) is 5.08. The Hall–Kier alpha value is -1.77. The summed E-state index contributed by atoms with van der Waals surface area (Å²) in [5, 5.41) is 5.01. The first-order valence-electron chi connectivity index (χ1n) is 5.39. The highest BCUT2D eigenvalue weighted by Gasteiger charge is 2.22. The molecule has 1 unspecified atom stereocenters. The van der Waals surface area contributed by atoms with Crippen LogP contribution < -0.4 is 9.86 Å². The molecule has 1 atom stereocenters. The van der Waals surface area contributed by atoms with E-state index < -0.39 is 22.1 Å². The number of nitrogens with two attached hydrogens (primary N) is 1. The Kier molecular flexibility index (Phi) is 3.65. The van der Waals surface area contributed by atoms with E-state index in [1.807, 2.05) is 0 Å². The van der Waals surface area contributed by atoms with Crippen molar-refractivity contribution >= 4 is 10.2 Å². The van der Waals surface area contributed by atoms with Gasteiger partial charge in [-0.2, -0.15) is 13.1 Å². The molecule has 19 heavy (non-hydrogen) atoms. The molecule has 102 valence electrons. The molecular formula is C11H13FN4O2S. The van der Waals surface area contributed by atoms with Gasteiger partial charge in [-0.25, -0.2) is 14.5 Å². The first-order valence-corrected chi connectivity index (χ1v) is 6.94. The van der Waals surface area contributed by atoms with Crippen LogP contribution in [0, 0.1) is 5.82 Å². The number of benzene rings is 1. The third-order valence-corrected chi connectivity index (χ3v) is 3.17. The number of rotatable bonds is 4. The van der Waals surface area contributed by atoms with Crippen LogP contribution in [-0.4, -0.2) is 18.0 Å². The number of nitrogens with one attached hydrogen (secondary N) is 1. The summed E-state index contributed by atoms with van der Waals surface area (Å²) in [6.07, 6.45) is 3.22. The molecule has 8 heteroatoms. The maximum absolute atomic E-state index is 12.9. The third kappa shape index (κ3) is 3.37. The van der Waals surface area contributed by atoms with Gasteiger partial charge in [0.2, 0.25) is 0 Å². The normalized spacial score (nSPS) is 13.4. The van der Waals surface area contributed by atoms with Crippen LogP contribution in [0.4, 0.5) is 4.39 Å². The van der Waals surface area contributed by atoms with E-state index in [4.69, 9.17) is 5.14 Å². The molecule has 6 nitrogen and oxygen atoms in total. The predicted octanol–water partition coefficient (Wildman–Crippen LogP) is 0.442. The smallest absolute Gasteiger partial charge is 0.275 e. The van der Waals surface area contributed by atoms with Gasteiger partial charge < -0.3 is 4.57 Å². The van der Waals surface area contributed by atoms with Crippen LogP contribution in [0.1, 0.15) is 17.4 Å². The fourth-order valence-corrected chi connectivity index (χ4v) is 2.31. The van der Waals surface area contributed by atoms with Gasteiger partial charge in [-0.3, -0.25) is 0 Å². The minimum Gasteiger partial charge on any atom is -0.336 e. The number of halogens is 1. The first-order chi connectivity index (χ1) is 8.87. The largest absolute Gasteiger partial charge is 0.336 e. The van der Waals surface area contributed by atoms with Gasteiger partial charge in [-0.1, -0.05) is 12.1 Å². The molecular weight excluding hydrogens is 271 g/mol. The van der Waals surface area contributed by atoms with Crippen molar-refractivity contribution in [3.05, 3.63) is 53.9 Å². The van der Waals surface area contributed by atoms with Crippen LogP contribution in [0.2, 0.25) is 0 Å². The van der Waals surface area contributed by atoms with Crippen molar-refractivity contribution in [2.45, 2.75) is 6.04 Å². The lowest BCUT2D eigenvalue weighted by Gasteiger charge is -2.17. The van der Waals surface area contributed by atoms with Crippen molar-refractivity contribution < 1.29 is 12.8 Å². The zero-order valence-electron chi connectivity index (χ0n) is 10.1. The highest BCUT2D eigenvalue weighted by Crippen LogP contribution is 2.21. The Bertz CT molecular complexity index is 666. The number of hydrogen-bond donors (Lipinski definition) is 2. The van der Waals surface area contributed by atoms with Crippen LogP contribution in [-0.2, 0) is 17.3 Å². The summed E-state index contributed by atoms with van der Waals surface area (Å²) in [4.78, 5) is 4.09. The van der Waals surface area contributed by atoms with Gasteiger partial charge in [0.25, 0.3) is 10.2 Å². The summed E-state index contributed by atoms with van der Waals surface area (Å²) < 4.78 is 39.4. The summed E-state index contributed by atoms with van der Waals surface area (Å²) >= 11 is 0. The van der Waals surface area contributed by atoms with E-state index in [0.717, 1.165) is 0 Å². The van der Waals surface area contributed by atoms with E-state index in [2.05, 4.69) is 9.71 Å². The van der Waals surface area contributed by atoms with Gasteiger partial charge in [0, 0.05) is 19.4 Å². The SMILES string of the molecule is Cn1ccnc1C(NS(N)(=O)=O)c1ccc(F)cc1. The second-order valence-corrected chi connectivity index (χ2v) is 5.37. The van der Waals surface area contributed by atoms with Gasteiger partial charge in [0.05, 0.1) is 0 Å². The molecule has 0 aliphatic heterocycles. The van der Waals surface area contributed by atoms with E-state index in [-0.39, 0.29) is 0 Å². The fraction of sp³-hybridized carbons (Fsp3) is 0.182. The highest BCUT2D eigenvalue weighted by molar-refractivity contribution is 7.87. The topological polar surface area (TPSA) is 90.0 Å². The zero-order valence-corrected chi connectivity index (χ0v) is 10.9. The van der Waals surface area contributed by atoms with Gasteiger partial charge in [0.15, 0.2) is 0 Å². The molecule has 0 spiro atoms. The maximum atomic E-state index is 12.9. The Morgan fingerprint density at radius 2 is 2.00 bits per heavy atom. The molecule has 1 aromatic heterocycles. The number of aryl methyl sites for hydroxylation is 1. The van der Waals surface area contributed by atoms with Gasteiger partial charge in [0.1, 0.15) is 17.7 Å². The van der Waals surface area contributed by atoms with E-state index >= 15 is 0 Å². The lowest BCUT2D eigenvalue weighted by atomic mass is 10.1. The number of imidazole rings is 1. The molecule has 0 saturated heterocycles. The molecule has 2 rings (SSSR count). The van der Waals surface area contributed by atoms with Crippen LogP contribution in [0.3, 0.4) is 0 Å². The molecule has 3 N–H and O–H groups in total. The highest BCUT2D eigenvalue weighted by atomic mass is 32.2. The molecule has 1 aromatic carbocycles. The summed E-state index contributed by atoms with van der Waals surface area (Å²) in [7, 11) is -2.20. The number of aromatic nitrogens is 2. The molecule has 0 bridgehead atoms. The predicted molar refractivity (Wildman–Crippen MR) is 67.7 cm³/mol. The van der Waals surface area contributed by atoms with Crippen molar-refractivity contribution in [1.29, 1.82) is 0 Å². The molecule has 1 heterocycles. The second-order valence-electron chi connectivity index (χ2n) is 4.04. The summed E-state index contributed by atoms with van der Waals surface area (Å²) in [5.41, 5.74) is 0.546. The van der Waals surface area contributed by atoms with Crippen LogP contribution in [0.25, 0.3) is 0 Å². The quantitative estimate of drug-likeness (QED) is 0.853. The minimum atomic E-state index is -3.92. The van der Waals surface area contributed by atoms with Crippen LogP contribution >= 0.6 is 0 Å². The van der Waals surface area contributed by atoms with Gasteiger partial charge >= 0.3 is 0 Å². The van der Waals surface area contributed by atoms with Gasteiger partial charge in [-0.15, -0.1) is 0 Å². The summed E-state index contributed by atoms with van der Waals surface area (Å²) in [6.45, 7) is 0. The van der Waals surface area contributed by atoms with Crippen molar-refractivity contribution in [2.75, 3.05) is 0 Å². The van der Waals surface area contributed by atoms with Gasteiger partial charge in [-0.05, 0) is 17.7 Å². The lowest BCUT2D eigenvalue weighted by Crippen LogP contribution is -2.36. The maximum Gasteiger partial charge on any atom is 0.275 e. The third-order valence-electron chi connectivity index (χ3n) is 2.60. The average Bonchev–Trinajstić information content (AvgIpc) is 2.72. The average molecular weight is 284 g/mol. The van der Waals surface area contributed by atoms with E-state index in [1.165, 1.54) is 30.5 Å². The Labute approximate surface area is 110 Å². The number of nitrogens with zero attached hydrogens (tertiary/aromatic N) is 2. The zero-order chi connectivity index (χ0) is 14.0. The standard InChI is InChI=1S/C11H13FN4O2S/c1-16-7-6-14-11(16)10(15-19(13,17)18)8-2-4-9(12)5-3-8/h2-7,10,15H,1H3,(H2,13,17,18). The van der Waals surface area contributed by atoms with Crippen LogP contribution in [0.5, 0.6) is 0 Å². The summed E-state index contributed by atoms with van der Waals surface area (Å²) in [6, 6.07) is 4.68. The van der Waals surface area contributed by atoms with Crippen LogP contribution in [0.15, 0.2) is 36.7 Å². The number of hydrogen-bond acceptors (Lipinski definition) is 3. The van der Waals surface area contributed by atoms with E-state index in [9.17, 15) is 12.8 Å². The van der Waals surface area contributed by atoms with Crippen molar-refractivity contribution in [2.24, 2.45) is 12.2 Å². The first kappa shape index (κ1) is 13.7. The van der Waals surface area contributed by atoms with E-state index in [0.29, 0.717) is 11.4 Å². The molecule has 2 aromatic rings. The lowest BCUT2D eigenvalue weighted by molar-refractivity contribution is 0.564. The molecule has 0 saturated carbocycles. The van der Waals surface area contributed by atoms with E-state index in [1.54, 1.807) is 17.8 Å². The van der Waals surface area contributed by atoms with Crippen molar-refractivity contribution in [3.63, 3.8) is 0 Å². The van der Waals surface area contributed by atoms with Crippen molar-refractivity contribution in [1.82, 2.24) is 14.3 Å². The Morgan fingerprint density at radius 1 is 1.37 bits per heavy atom. The monoisotopic (exact) mass is 284 g/mol. The van der Waals surface area contributed by atoms with Crippen molar-refractivity contribution in [3.8, 4) is 0 Å². The minimum absolute atomic E-state index is 0.405. The Balaban J connectivity index is 2.46. The fourth-order valence-electron chi connectivity index (χ4n) is 1.74.